The van der Waals surface area contributed by atoms with Gasteiger partial charge in [-0.2, -0.15) is 0 Å². The Morgan fingerprint density at radius 2 is 2.36 bits per heavy atom. The van der Waals surface area contributed by atoms with E-state index in [1.165, 1.54) is 6.08 Å². The number of nitrogens with zero attached hydrogens (tertiary/aromatic N) is 1. The van der Waals surface area contributed by atoms with Crippen molar-refractivity contribution in [3.8, 4) is 0 Å². The molecule has 0 aromatic heterocycles. The van der Waals surface area contributed by atoms with Gasteiger partial charge in [0.05, 0.1) is 6.04 Å². The smallest absolute Gasteiger partial charge is 0.337 e. The molecule has 0 fully saturated rings. The predicted molar refractivity (Wildman–Crippen MR) is 42.4 cm³/mol. The number of ether oxygens (including phenoxy) is 1. The van der Waals surface area contributed by atoms with Crippen LogP contribution in [0.4, 0.5) is 0 Å². The molecule has 0 aliphatic carbocycles. The fraction of sp³-hybridized carbons (Fsp3) is 0.500. The van der Waals surface area contributed by atoms with E-state index in [0.717, 1.165) is 6.42 Å². The highest BCUT2D eigenvalue weighted by Gasteiger charge is 2.11. The average Bonchev–Trinajstić information content (AvgIpc) is 2.35. The first-order valence-corrected chi connectivity index (χ1v) is 3.70. The summed E-state index contributed by atoms with van der Waals surface area (Å²) in [7, 11) is 0. The Balaban J connectivity index is 2.56. The summed E-state index contributed by atoms with van der Waals surface area (Å²) in [5.41, 5.74) is 0. The average molecular weight is 153 g/mol. The molecule has 60 valence electrons. The quantitative estimate of drug-likeness (QED) is 0.561. The van der Waals surface area contributed by atoms with E-state index >= 15 is 0 Å². The summed E-state index contributed by atoms with van der Waals surface area (Å²) in [6, 6.07) is 0.223. The Morgan fingerprint density at radius 3 is 2.82 bits per heavy atom. The first-order chi connectivity index (χ1) is 5.22. The molecule has 1 aliphatic rings. The summed E-state index contributed by atoms with van der Waals surface area (Å²) in [5.74, 6) is 0.108. The van der Waals surface area contributed by atoms with Crippen LogP contribution in [0.25, 0.3) is 0 Å². The van der Waals surface area contributed by atoms with Crippen molar-refractivity contribution < 1.29 is 9.53 Å². The van der Waals surface area contributed by atoms with Crippen LogP contribution in [0.15, 0.2) is 17.1 Å². The van der Waals surface area contributed by atoms with Crippen molar-refractivity contribution in [1.82, 2.24) is 0 Å². The van der Waals surface area contributed by atoms with Crippen LogP contribution in [0.1, 0.15) is 20.3 Å². The van der Waals surface area contributed by atoms with Gasteiger partial charge >= 0.3 is 5.97 Å². The van der Waals surface area contributed by atoms with Gasteiger partial charge in [0.15, 0.2) is 0 Å². The standard InChI is InChI=1S/C8H11NO2/c1-3-6(2)9-7-4-5-8(10)11-7/h4-6H,3H2,1-2H3. The number of carbonyl (C=O) groups excluding carboxylic acids is 1. The van der Waals surface area contributed by atoms with E-state index in [0.29, 0.717) is 5.90 Å². The number of carbonyl (C=O) groups is 1. The molecule has 0 saturated carbocycles. The minimum Gasteiger partial charge on any atom is -0.405 e. The highest BCUT2D eigenvalue weighted by molar-refractivity contribution is 6.07. The van der Waals surface area contributed by atoms with Gasteiger partial charge in [-0.25, -0.2) is 9.79 Å². The van der Waals surface area contributed by atoms with Crippen LogP contribution < -0.4 is 0 Å². The first-order valence-electron chi connectivity index (χ1n) is 3.70. The van der Waals surface area contributed by atoms with Gasteiger partial charge in [0.2, 0.25) is 5.90 Å². The Bertz CT molecular complexity index is 218. The predicted octanol–water partition coefficient (Wildman–Crippen LogP) is 1.30. The second-order valence-corrected chi connectivity index (χ2v) is 2.48. The monoisotopic (exact) mass is 153 g/mol. The van der Waals surface area contributed by atoms with Crippen molar-refractivity contribution in [1.29, 1.82) is 0 Å². The topological polar surface area (TPSA) is 38.7 Å². The van der Waals surface area contributed by atoms with E-state index in [-0.39, 0.29) is 12.0 Å². The van der Waals surface area contributed by atoms with Gasteiger partial charge in [0.25, 0.3) is 0 Å². The molecule has 1 aliphatic heterocycles. The SMILES string of the molecule is CCC(C)N=C1C=CC(=O)O1. The molecule has 3 heteroatoms. The molecule has 0 bridgehead atoms. The molecule has 0 aromatic rings. The van der Waals surface area contributed by atoms with Crippen molar-refractivity contribution in [2.45, 2.75) is 26.3 Å². The molecule has 11 heavy (non-hydrogen) atoms. The van der Waals surface area contributed by atoms with E-state index in [4.69, 9.17) is 4.74 Å². The van der Waals surface area contributed by atoms with E-state index in [9.17, 15) is 4.79 Å². The summed E-state index contributed by atoms with van der Waals surface area (Å²) in [6.45, 7) is 4.02. The van der Waals surface area contributed by atoms with Gasteiger partial charge in [0, 0.05) is 12.2 Å². The number of aliphatic imine (C=N–C) groups is 1. The largest absolute Gasteiger partial charge is 0.405 e. The van der Waals surface area contributed by atoms with Gasteiger partial charge in [-0.3, -0.25) is 0 Å². The fourth-order valence-electron chi connectivity index (χ4n) is 0.688. The number of hydrogen-bond donors (Lipinski definition) is 0. The Kier molecular flexibility index (Phi) is 2.41. The lowest BCUT2D eigenvalue weighted by atomic mass is 10.3. The summed E-state index contributed by atoms with van der Waals surface area (Å²) < 4.78 is 4.73. The number of cyclic esters (lactones) is 1. The van der Waals surface area contributed by atoms with Crippen molar-refractivity contribution >= 4 is 11.9 Å². The summed E-state index contributed by atoms with van der Waals surface area (Å²) in [6.07, 6.45) is 3.92. The third kappa shape index (κ3) is 2.18. The number of rotatable bonds is 2. The normalized spacial score (nSPS) is 22.4. The first kappa shape index (κ1) is 7.98. The van der Waals surface area contributed by atoms with Crippen LogP contribution in [0.5, 0.6) is 0 Å². The number of hydrogen-bond acceptors (Lipinski definition) is 3. The second-order valence-electron chi connectivity index (χ2n) is 2.48. The summed E-state index contributed by atoms with van der Waals surface area (Å²) >= 11 is 0. The van der Waals surface area contributed by atoms with E-state index in [1.807, 2.05) is 13.8 Å². The van der Waals surface area contributed by atoms with Gasteiger partial charge in [0.1, 0.15) is 0 Å². The van der Waals surface area contributed by atoms with E-state index in [2.05, 4.69) is 4.99 Å². The molecule has 1 rings (SSSR count). The van der Waals surface area contributed by atoms with Crippen molar-refractivity contribution in [3.05, 3.63) is 12.2 Å². The minimum atomic E-state index is -0.327. The molecule has 0 spiro atoms. The zero-order valence-electron chi connectivity index (χ0n) is 6.70. The van der Waals surface area contributed by atoms with Crippen LogP contribution in [-0.4, -0.2) is 17.9 Å². The second kappa shape index (κ2) is 3.32. The van der Waals surface area contributed by atoms with Gasteiger partial charge < -0.3 is 4.74 Å². The lowest BCUT2D eigenvalue weighted by Gasteiger charge is -2.01. The van der Waals surface area contributed by atoms with Gasteiger partial charge in [-0.05, 0) is 13.3 Å². The molecule has 3 nitrogen and oxygen atoms in total. The zero-order chi connectivity index (χ0) is 8.27. The molecule has 1 heterocycles. The lowest BCUT2D eigenvalue weighted by molar-refractivity contribution is -0.129. The molecule has 0 aromatic carbocycles. The third-order valence-corrected chi connectivity index (χ3v) is 1.51. The lowest BCUT2D eigenvalue weighted by Crippen LogP contribution is -2.04. The molecular weight excluding hydrogens is 142 g/mol. The highest BCUT2D eigenvalue weighted by Crippen LogP contribution is 2.02. The fourth-order valence-corrected chi connectivity index (χ4v) is 0.688. The Labute approximate surface area is 65.8 Å². The molecule has 0 N–H and O–H groups in total. The van der Waals surface area contributed by atoms with Crippen LogP contribution in [0.3, 0.4) is 0 Å². The van der Waals surface area contributed by atoms with Gasteiger partial charge in [-0.1, -0.05) is 6.92 Å². The Morgan fingerprint density at radius 1 is 1.64 bits per heavy atom. The number of esters is 1. The van der Waals surface area contributed by atoms with Gasteiger partial charge in [-0.15, -0.1) is 0 Å². The van der Waals surface area contributed by atoms with Crippen molar-refractivity contribution in [2.24, 2.45) is 4.99 Å². The van der Waals surface area contributed by atoms with E-state index in [1.54, 1.807) is 6.08 Å². The van der Waals surface area contributed by atoms with E-state index < -0.39 is 0 Å². The maximum Gasteiger partial charge on any atom is 0.337 e. The van der Waals surface area contributed by atoms with Crippen molar-refractivity contribution in [2.75, 3.05) is 0 Å². The van der Waals surface area contributed by atoms with Crippen LogP contribution >= 0.6 is 0 Å². The zero-order valence-corrected chi connectivity index (χ0v) is 6.70. The molecule has 1 unspecified atom stereocenters. The van der Waals surface area contributed by atoms with Crippen LogP contribution in [-0.2, 0) is 9.53 Å². The maximum absolute atomic E-state index is 10.5. The third-order valence-electron chi connectivity index (χ3n) is 1.51. The summed E-state index contributed by atoms with van der Waals surface area (Å²) in [5, 5.41) is 0. The highest BCUT2D eigenvalue weighted by atomic mass is 16.5. The molecule has 0 amide bonds. The Hall–Kier alpha value is -1.12. The molecule has 0 saturated heterocycles. The molecule has 0 radical (unpaired) electrons. The van der Waals surface area contributed by atoms with Crippen LogP contribution in [0, 0.1) is 0 Å². The minimum absolute atomic E-state index is 0.223. The van der Waals surface area contributed by atoms with Crippen LogP contribution in [0.2, 0.25) is 0 Å². The van der Waals surface area contributed by atoms with Crippen molar-refractivity contribution in [3.63, 3.8) is 0 Å². The maximum atomic E-state index is 10.5. The summed E-state index contributed by atoms with van der Waals surface area (Å²) in [4.78, 5) is 14.7. The molecular formula is C8H11NO2. The molecule has 1 atom stereocenters.